The van der Waals surface area contributed by atoms with E-state index in [-0.39, 0.29) is 5.41 Å². The minimum absolute atomic E-state index is 0.0253. The Morgan fingerprint density at radius 2 is 1.42 bits per heavy atom. The highest BCUT2D eigenvalue weighted by Crippen LogP contribution is 2.20. The topological polar surface area (TPSA) is 88.4 Å². The van der Waals surface area contributed by atoms with Gasteiger partial charge >= 0.3 is 6.09 Å². The number of hydrogen-bond acceptors (Lipinski definition) is 5. The largest absolute Gasteiger partial charge is 0.450 e. The zero-order valence-electron chi connectivity index (χ0n) is 12.6. The first-order valence-corrected chi connectivity index (χ1v) is 7.14. The van der Waals surface area contributed by atoms with Gasteiger partial charge in [0.1, 0.15) is 0 Å². The van der Waals surface area contributed by atoms with E-state index in [4.69, 9.17) is 10.5 Å². The summed E-state index contributed by atoms with van der Waals surface area (Å²) in [6.07, 6.45) is 0.0763. The second-order valence-electron chi connectivity index (χ2n) is 4.76. The first kappa shape index (κ1) is 18.1. The lowest BCUT2D eigenvalue weighted by Crippen LogP contribution is -2.49. The maximum atomic E-state index is 10.7. The van der Waals surface area contributed by atoms with Gasteiger partial charge in [-0.05, 0) is 26.1 Å². The summed E-state index contributed by atoms with van der Waals surface area (Å²) in [6.45, 7) is 12.0. The molecule has 0 fully saturated rings. The molecule has 6 heteroatoms. The van der Waals surface area contributed by atoms with E-state index in [9.17, 15) is 4.79 Å². The molecule has 0 unspecified atom stereocenters. The summed E-state index contributed by atoms with van der Waals surface area (Å²) < 4.78 is 4.89. The van der Waals surface area contributed by atoms with Crippen molar-refractivity contribution < 1.29 is 9.53 Å². The van der Waals surface area contributed by atoms with Gasteiger partial charge in [0.25, 0.3) is 0 Å². The van der Waals surface area contributed by atoms with E-state index in [0.29, 0.717) is 6.61 Å². The summed E-state index contributed by atoms with van der Waals surface area (Å²) in [4.78, 5) is 10.7. The molecular weight excluding hydrogens is 244 g/mol. The third-order valence-corrected chi connectivity index (χ3v) is 3.13. The number of primary amides is 1. The first-order chi connectivity index (χ1) is 9.10. The molecule has 0 aromatic heterocycles. The van der Waals surface area contributed by atoms with Crippen molar-refractivity contribution in [1.82, 2.24) is 16.0 Å². The van der Waals surface area contributed by atoms with Gasteiger partial charge in [0.15, 0.2) is 0 Å². The Bertz CT molecular complexity index is 215. The number of nitrogens with one attached hydrogen (secondary N) is 3. The predicted octanol–water partition coefficient (Wildman–Crippen LogP) is 0.287. The lowest BCUT2D eigenvalue weighted by Gasteiger charge is -2.34. The van der Waals surface area contributed by atoms with Crippen molar-refractivity contribution in [2.24, 2.45) is 11.1 Å². The van der Waals surface area contributed by atoms with Crippen molar-refractivity contribution in [2.75, 3.05) is 45.9 Å². The van der Waals surface area contributed by atoms with E-state index in [2.05, 4.69) is 36.7 Å². The van der Waals surface area contributed by atoms with E-state index in [0.717, 1.165) is 45.7 Å². The van der Waals surface area contributed by atoms with Crippen molar-refractivity contribution in [3.05, 3.63) is 0 Å². The normalized spacial score (nSPS) is 11.5. The lowest BCUT2D eigenvalue weighted by atomic mass is 9.84. The molecule has 0 radical (unpaired) electrons. The first-order valence-electron chi connectivity index (χ1n) is 7.14. The molecule has 1 amide bonds. The third-order valence-electron chi connectivity index (χ3n) is 3.13. The van der Waals surface area contributed by atoms with E-state index >= 15 is 0 Å². The summed E-state index contributed by atoms with van der Waals surface area (Å²) in [5.41, 5.74) is 5.04. The van der Waals surface area contributed by atoms with Crippen molar-refractivity contribution in [2.45, 2.75) is 27.2 Å². The molecule has 0 aliphatic rings. The van der Waals surface area contributed by atoms with E-state index in [1.54, 1.807) is 0 Å². The predicted molar refractivity (Wildman–Crippen MR) is 78.2 cm³/mol. The van der Waals surface area contributed by atoms with Crippen molar-refractivity contribution >= 4 is 6.09 Å². The molecule has 6 nitrogen and oxygen atoms in total. The van der Waals surface area contributed by atoms with Crippen LogP contribution in [0.2, 0.25) is 0 Å². The molecule has 0 aliphatic carbocycles. The van der Waals surface area contributed by atoms with E-state index in [1.165, 1.54) is 0 Å². The molecule has 0 aromatic carbocycles. The van der Waals surface area contributed by atoms with Crippen LogP contribution < -0.4 is 21.7 Å². The minimum Gasteiger partial charge on any atom is -0.450 e. The molecule has 0 rings (SSSR count). The number of carbonyl (C=O) groups excluding carboxylic acids is 1. The molecule has 19 heavy (non-hydrogen) atoms. The fourth-order valence-electron chi connectivity index (χ4n) is 1.99. The summed E-state index contributed by atoms with van der Waals surface area (Å²) in [6, 6.07) is 0. The molecule has 5 N–H and O–H groups in total. The van der Waals surface area contributed by atoms with Crippen LogP contribution >= 0.6 is 0 Å². The Labute approximate surface area is 116 Å². The van der Waals surface area contributed by atoms with E-state index in [1.807, 2.05) is 0 Å². The number of nitrogens with two attached hydrogens (primary N) is 1. The summed E-state index contributed by atoms with van der Waals surface area (Å²) in [5.74, 6) is 0. The summed E-state index contributed by atoms with van der Waals surface area (Å²) in [5, 5.41) is 10.2. The Morgan fingerprint density at radius 3 is 1.74 bits per heavy atom. The molecule has 0 saturated heterocycles. The highest BCUT2D eigenvalue weighted by atomic mass is 16.5. The second kappa shape index (κ2) is 11.0. The molecule has 0 spiro atoms. The zero-order chi connectivity index (χ0) is 14.6. The van der Waals surface area contributed by atoms with Crippen LogP contribution in [0.3, 0.4) is 0 Å². The third kappa shape index (κ3) is 8.80. The van der Waals surface area contributed by atoms with Crippen molar-refractivity contribution in [3.63, 3.8) is 0 Å². The van der Waals surface area contributed by atoms with Crippen molar-refractivity contribution in [1.29, 1.82) is 0 Å². The van der Waals surface area contributed by atoms with Crippen molar-refractivity contribution in [3.8, 4) is 0 Å². The van der Waals surface area contributed by atoms with Gasteiger partial charge in [0, 0.05) is 25.0 Å². The van der Waals surface area contributed by atoms with Crippen LogP contribution in [0.5, 0.6) is 0 Å². The van der Waals surface area contributed by atoms with Gasteiger partial charge in [-0.15, -0.1) is 0 Å². The van der Waals surface area contributed by atoms with Crippen LogP contribution in [0.25, 0.3) is 0 Å². The summed E-state index contributed by atoms with van der Waals surface area (Å²) in [7, 11) is 0. The average molecular weight is 274 g/mol. The van der Waals surface area contributed by atoms with Crippen LogP contribution in [0.4, 0.5) is 4.79 Å². The Hall–Kier alpha value is -0.850. The molecule has 114 valence electrons. The van der Waals surface area contributed by atoms with Crippen LogP contribution in [0.1, 0.15) is 27.2 Å². The fourth-order valence-corrected chi connectivity index (χ4v) is 1.99. The number of rotatable bonds is 12. The molecule has 0 atom stereocenters. The lowest BCUT2D eigenvalue weighted by molar-refractivity contribution is 0.124. The maximum Gasteiger partial charge on any atom is 0.404 e. The minimum atomic E-state index is -0.704. The quantitative estimate of drug-likeness (QED) is 0.411. The van der Waals surface area contributed by atoms with Gasteiger partial charge in [0.05, 0.1) is 6.61 Å². The highest BCUT2D eigenvalue weighted by Gasteiger charge is 2.29. The Kier molecular flexibility index (Phi) is 10.5. The number of hydrogen-bond donors (Lipinski definition) is 4. The smallest absolute Gasteiger partial charge is 0.404 e. The standard InChI is InChI=1S/C13H30N4O2/c1-4-15-9-13(10-16-5-2,11-17-6-3)7-8-19-12(14)18/h15-17H,4-11H2,1-3H3,(H2,14,18). The van der Waals surface area contributed by atoms with Gasteiger partial charge in [-0.3, -0.25) is 0 Å². The molecule has 0 aliphatic heterocycles. The zero-order valence-corrected chi connectivity index (χ0v) is 12.6. The average Bonchev–Trinajstić information content (AvgIpc) is 2.39. The van der Waals surface area contributed by atoms with E-state index < -0.39 is 6.09 Å². The number of amides is 1. The second-order valence-corrected chi connectivity index (χ2v) is 4.76. The van der Waals surface area contributed by atoms with Gasteiger partial charge in [-0.2, -0.15) is 0 Å². The molecular formula is C13H30N4O2. The summed E-state index contributed by atoms with van der Waals surface area (Å²) >= 11 is 0. The van der Waals surface area contributed by atoms with Gasteiger partial charge in [-0.25, -0.2) is 4.79 Å². The van der Waals surface area contributed by atoms with Gasteiger partial charge < -0.3 is 26.4 Å². The Balaban J connectivity index is 4.51. The molecule has 0 heterocycles. The van der Waals surface area contributed by atoms with Gasteiger partial charge in [0.2, 0.25) is 0 Å². The maximum absolute atomic E-state index is 10.7. The highest BCUT2D eigenvalue weighted by molar-refractivity contribution is 5.64. The van der Waals surface area contributed by atoms with Crippen LogP contribution in [0.15, 0.2) is 0 Å². The monoisotopic (exact) mass is 274 g/mol. The number of ether oxygens (including phenoxy) is 1. The van der Waals surface area contributed by atoms with Gasteiger partial charge in [-0.1, -0.05) is 20.8 Å². The van der Waals surface area contributed by atoms with Crippen LogP contribution in [0, 0.1) is 5.41 Å². The molecule has 0 aromatic rings. The molecule has 0 bridgehead atoms. The number of carbonyl (C=O) groups is 1. The Morgan fingerprint density at radius 1 is 1.00 bits per heavy atom. The molecule has 0 saturated carbocycles. The SMILES string of the molecule is CCNCC(CCOC(N)=O)(CNCC)CNCC. The van der Waals surface area contributed by atoms with Crippen LogP contribution in [-0.4, -0.2) is 52.0 Å². The fraction of sp³-hybridized carbons (Fsp3) is 0.923. The van der Waals surface area contributed by atoms with Crippen LogP contribution in [-0.2, 0) is 4.74 Å².